The molecule has 0 radical (unpaired) electrons. The minimum absolute atomic E-state index is 0.0461. The summed E-state index contributed by atoms with van der Waals surface area (Å²) in [5.41, 5.74) is 3.80. The molecule has 2 aromatic carbocycles. The molecule has 6 rings (SSSR count). The van der Waals surface area contributed by atoms with Crippen LogP contribution in [0, 0.1) is 11.8 Å². The van der Waals surface area contributed by atoms with Gasteiger partial charge < -0.3 is 23.8 Å². The van der Waals surface area contributed by atoms with Gasteiger partial charge in [-0.2, -0.15) is 0 Å². The quantitative estimate of drug-likeness (QED) is 0.404. The van der Waals surface area contributed by atoms with Crippen molar-refractivity contribution in [1.82, 2.24) is 0 Å². The number of carbonyl (C=O) groups excluding carboxylic acids is 1. The molecule has 6 atom stereocenters. The fourth-order valence-electron chi connectivity index (χ4n) is 7.87. The van der Waals surface area contributed by atoms with Gasteiger partial charge in [0.1, 0.15) is 5.75 Å². The van der Waals surface area contributed by atoms with Gasteiger partial charge in [-0.3, -0.25) is 0 Å². The molecule has 0 bridgehead atoms. The molecule has 4 aliphatic rings. The first-order chi connectivity index (χ1) is 21.0. The lowest BCUT2D eigenvalue weighted by Crippen LogP contribution is -2.51. The molecule has 9 nitrogen and oxygen atoms in total. The summed E-state index contributed by atoms with van der Waals surface area (Å²) < 4.78 is 47.1. The highest BCUT2D eigenvalue weighted by molar-refractivity contribution is 7.89. The predicted octanol–water partition coefficient (Wildman–Crippen LogP) is 4.87. The second kappa shape index (κ2) is 12.8. The number of aryl methyl sites for hydroxylation is 1. The van der Waals surface area contributed by atoms with Crippen LogP contribution in [0.5, 0.6) is 5.75 Å². The molecule has 1 spiro atoms. The zero-order valence-electron chi connectivity index (χ0n) is 25.5. The number of fused-ring (bicyclic) bond motifs is 3. The van der Waals surface area contributed by atoms with E-state index in [4.69, 9.17) is 35.7 Å². The van der Waals surface area contributed by atoms with Crippen molar-refractivity contribution in [3.8, 4) is 5.75 Å². The van der Waals surface area contributed by atoms with Crippen molar-refractivity contribution in [3.63, 3.8) is 0 Å². The molecule has 0 aromatic heterocycles. The molecule has 2 aliphatic heterocycles. The molecule has 240 valence electrons. The number of halogens is 1. The monoisotopic (exact) mass is 646 g/mol. The van der Waals surface area contributed by atoms with Gasteiger partial charge in [0.15, 0.2) is 0 Å². The number of hydrogen-bond acceptors (Lipinski definition) is 8. The van der Waals surface area contributed by atoms with Crippen LogP contribution in [0.25, 0.3) is 0 Å². The van der Waals surface area contributed by atoms with Crippen molar-refractivity contribution >= 4 is 33.3 Å². The van der Waals surface area contributed by atoms with Gasteiger partial charge >= 0.3 is 5.97 Å². The van der Waals surface area contributed by atoms with Crippen LogP contribution < -0.4 is 14.8 Å². The highest BCUT2D eigenvalue weighted by atomic mass is 35.5. The molecular formula is C33H43ClN2O7S. The largest absolute Gasteiger partial charge is 0.490 e. The fourth-order valence-corrected chi connectivity index (χ4v) is 8.79. The van der Waals surface area contributed by atoms with E-state index in [1.165, 1.54) is 18.2 Å². The third kappa shape index (κ3) is 6.75. The van der Waals surface area contributed by atoms with Crippen molar-refractivity contribution in [1.29, 1.82) is 0 Å². The number of anilines is 1. The summed E-state index contributed by atoms with van der Waals surface area (Å²) in [6.45, 7) is 4.48. The zero-order valence-corrected chi connectivity index (χ0v) is 27.1. The van der Waals surface area contributed by atoms with Crippen molar-refractivity contribution in [2.45, 2.75) is 75.6 Å². The Bertz CT molecular complexity index is 1490. The topological polar surface area (TPSA) is 117 Å². The van der Waals surface area contributed by atoms with Gasteiger partial charge in [-0.1, -0.05) is 17.7 Å². The van der Waals surface area contributed by atoms with E-state index in [1.54, 1.807) is 13.0 Å². The number of benzene rings is 2. The van der Waals surface area contributed by atoms with Crippen LogP contribution in [0.15, 0.2) is 36.4 Å². The van der Waals surface area contributed by atoms with E-state index in [0.29, 0.717) is 30.6 Å². The average molecular weight is 647 g/mol. The van der Waals surface area contributed by atoms with E-state index >= 15 is 0 Å². The Morgan fingerprint density at radius 3 is 2.80 bits per heavy atom. The van der Waals surface area contributed by atoms with Crippen LogP contribution in [0.3, 0.4) is 0 Å². The first-order valence-corrected chi connectivity index (χ1v) is 17.8. The molecule has 0 amide bonds. The molecule has 1 saturated carbocycles. The number of nitrogens with two attached hydrogens (primary N) is 1. The summed E-state index contributed by atoms with van der Waals surface area (Å²) in [5.74, 6) is 0.961. The number of sulfonamides is 1. The summed E-state index contributed by atoms with van der Waals surface area (Å²) >= 11 is 6.41. The summed E-state index contributed by atoms with van der Waals surface area (Å²) in [6.07, 6.45) is 6.21. The van der Waals surface area contributed by atoms with Gasteiger partial charge in [0.25, 0.3) is 0 Å². The predicted molar refractivity (Wildman–Crippen MR) is 169 cm³/mol. The van der Waals surface area contributed by atoms with Crippen LogP contribution in [0.2, 0.25) is 5.02 Å². The Morgan fingerprint density at radius 1 is 1.20 bits per heavy atom. The standard InChI is InChI=1S/C33H43ClN2O7S/c1-21(18-44(35,38)39)43-26-11-13-41-31(16-26)27-8-5-24(27)17-36-19-33(12-3-4-22-14-25(34)7-9-28(22)33)20-42-30-10-6-23(15-29(30)36)32(37)40-2/h6-7,9-10,14-15,21,24,26-27,31H,3-5,8,11-13,16-20H2,1-2H3,(H2,35,38,39)/t21?,24-,26-,27+,31-,33-/m0/s1. The third-order valence-electron chi connectivity index (χ3n) is 10.0. The Kier molecular flexibility index (Phi) is 9.19. The normalized spacial score (nSPS) is 29.0. The highest BCUT2D eigenvalue weighted by Crippen LogP contribution is 2.47. The Balaban J connectivity index is 1.24. The van der Waals surface area contributed by atoms with Crippen molar-refractivity contribution in [2.75, 3.05) is 44.1 Å². The summed E-state index contributed by atoms with van der Waals surface area (Å²) in [5, 5.41) is 5.99. The lowest BCUT2D eigenvalue weighted by molar-refractivity contribution is -0.126. The van der Waals surface area contributed by atoms with Gasteiger partial charge in [0.05, 0.1) is 49.0 Å². The second-order valence-corrected chi connectivity index (χ2v) is 15.2. The van der Waals surface area contributed by atoms with Gasteiger partial charge in [-0.05, 0) is 98.7 Å². The first-order valence-electron chi connectivity index (χ1n) is 15.7. The SMILES string of the molecule is COC(=O)c1ccc2c(c1)N(C[C@@H]1CC[C@H]1[C@@H]1C[C@@H](OC(C)CS(N)(=O)=O)CCO1)C[C@@]1(CCCc3cc(Cl)ccc31)CO2. The molecule has 2 heterocycles. The Labute approximate surface area is 265 Å². The maximum atomic E-state index is 12.6. The summed E-state index contributed by atoms with van der Waals surface area (Å²) in [7, 11) is -2.20. The zero-order chi connectivity index (χ0) is 31.1. The average Bonchev–Trinajstić information content (AvgIpc) is 3.11. The number of rotatable bonds is 8. The smallest absolute Gasteiger partial charge is 0.337 e. The molecular weight excluding hydrogens is 604 g/mol. The first kappa shape index (κ1) is 31.6. The third-order valence-corrected chi connectivity index (χ3v) is 11.2. The Morgan fingerprint density at radius 2 is 2.05 bits per heavy atom. The van der Waals surface area contributed by atoms with Crippen LogP contribution in [-0.2, 0) is 36.1 Å². The molecule has 1 saturated heterocycles. The molecule has 2 aliphatic carbocycles. The lowest BCUT2D eigenvalue weighted by atomic mass is 9.67. The number of primary sulfonamides is 1. The number of nitrogens with zero attached hydrogens (tertiary/aromatic N) is 1. The number of carbonyl (C=O) groups is 1. The van der Waals surface area contributed by atoms with E-state index < -0.39 is 16.1 Å². The number of esters is 1. The van der Waals surface area contributed by atoms with Gasteiger partial charge in [-0.15, -0.1) is 0 Å². The molecule has 2 fully saturated rings. The van der Waals surface area contributed by atoms with Crippen molar-refractivity contribution in [2.24, 2.45) is 17.0 Å². The van der Waals surface area contributed by atoms with Crippen molar-refractivity contribution < 1.29 is 32.2 Å². The second-order valence-electron chi connectivity index (χ2n) is 13.1. The fraction of sp³-hybridized carbons (Fsp3) is 0.606. The maximum Gasteiger partial charge on any atom is 0.337 e. The van der Waals surface area contributed by atoms with Gasteiger partial charge in [-0.25, -0.2) is 18.4 Å². The molecule has 2 aromatic rings. The molecule has 11 heteroatoms. The van der Waals surface area contributed by atoms with Gasteiger partial charge in [0, 0.05) is 36.6 Å². The molecule has 1 unspecified atom stereocenters. The summed E-state index contributed by atoms with van der Waals surface area (Å²) in [4.78, 5) is 15.0. The van der Waals surface area contributed by atoms with Crippen LogP contribution >= 0.6 is 11.6 Å². The van der Waals surface area contributed by atoms with E-state index in [2.05, 4.69) is 17.0 Å². The van der Waals surface area contributed by atoms with Crippen molar-refractivity contribution in [3.05, 3.63) is 58.1 Å². The Hall–Kier alpha value is -2.37. The highest BCUT2D eigenvalue weighted by Gasteiger charge is 2.45. The number of ether oxygens (including phenoxy) is 4. The maximum absolute atomic E-state index is 12.6. The number of methoxy groups -OCH3 is 1. The van der Waals surface area contributed by atoms with E-state index in [0.717, 1.165) is 74.5 Å². The lowest BCUT2D eigenvalue weighted by Gasteiger charge is -2.48. The van der Waals surface area contributed by atoms with Crippen LogP contribution in [0.1, 0.15) is 66.9 Å². The minimum Gasteiger partial charge on any atom is -0.490 e. The summed E-state index contributed by atoms with van der Waals surface area (Å²) in [6, 6.07) is 11.8. The van der Waals surface area contributed by atoms with Gasteiger partial charge in [0.2, 0.25) is 10.0 Å². The number of hydrogen-bond donors (Lipinski definition) is 1. The minimum atomic E-state index is -3.60. The van der Waals surface area contributed by atoms with Crippen LogP contribution in [0.4, 0.5) is 5.69 Å². The molecule has 2 N–H and O–H groups in total. The van der Waals surface area contributed by atoms with E-state index in [9.17, 15) is 13.2 Å². The molecule has 44 heavy (non-hydrogen) atoms. The van der Waals surface area contributed by atoms with Crippen LogP contribution in [-0.4, -0.2) is 71.9 Å². The van der Waals surface area contributed by atoms with E-state index in [1.807, 2.05) is 18.2 Å². The van der Waals surface area contributed by atoms with E-state index in [-0.39, 0.29) is 29.3 Å².